The van der Waals surface area contributed by atoms with Crippen LogP contribution in [0.3, 0.4) is 0 Å². The minimum atomic E-state index is -3.52. The fourth-order valence-electron chi connectivity index (χ4n) is 2.28. The lowest BCUT2D eigenvalue weighted by Crippen LogP contribution is -2.48. The number of benzene rings is 1. The molecule has 20 heavy (non-hydrogen) atoms. The Balaban J connectivity index is 2.34. The van der Waals surface area contributed by atoms with Crippen LogP contribution in [0.1, 0.15) is 13.8 Å². The van der Waals surface area contributed by atoms with E-state index >= 15 is 0 Å². The minimum Gasteiger partial charge on any atom is -0.496 e. The van der Waals surface area contributed by atoms with Crippen LogP contribution in [0.5, 0.6) is 5.75 Å². The predicted molar refractivity (Wildman–Crippen MR) is 79.5 cm³/mol. The number of ether oxygens (including phenoxy) is 2. The second kappa shape index (κ2) is 6.01. The Kier molecular flexibility index (Phi) is 4.73. The van der Waals surface area contributed by atoms with Gasteiger partial charge in [0.15, 0.2) is 0 Å². The van der Waals surface area contributed by atoms with Crippen molar-refractivity contribution < 1.29 is 17.9 Å². The molecule has 0 radical (unpaired) electrons. The third-order valence-corrected chi connectivity index (χ3v) is 5.63. The van der Waals surface area contributed by atoms with Crippen LogP contribution in [0.15, 0.2) is 27.6 Å². The van der Waals surface area contributed by atoms with E-state index in [1.54, 1.807) is 12.1 Å². The fraction of sp³-hybridized carbons (Fsp3) is 0.538. The number of halogens is 1. The van der Waals surface area contributed by atoms with Crippen molar-refractivity contribution in [2.45, 2.75) is 31.0 Å². The van der Waals surface area contributed by atoms with E-state index in [4.69, 9.17) is 9.47 Å². The largest absolute Gasteiger partial charge is 0.496 e. The summed E-state index contributed by atoms with van der Waals surface area (Å²) in [5, 5.41) is 0. The standard InChI is InChI=1S/C13H18BrNO4S/c1-9-7-15(8-10(2)19-9)20(16,17)11-4-5-12(14)13(6-11)18-3/h4-6,9-10H,7-8H2,1-3H3/t9-,10-/m0/s1. The van der Waals surface area contributed by atoms with Gasteiger partial charge in [-0.05, 0) is 41.9 Å². The summed E-state index contributed by atoms with van der Waals surface area (Å²) in [4.78, 5) is 0.235. The van der Waals surface area contributed by atoms with E-state index < -0.39 is 10.0 Å². The van der Waals surface area contributed by atoms with Crippen LogP contribution < -0.4 is 4.74 Å². The lowest BCUT2D eigenvalue weighted by molar-refractivity contribution is -0.0440. The second-order valence-corrected chi connectivity index (χ2v) is 7.67. The highest BCUT2D eigenvalue weighted by molar-refractivity contribution is 9.10. The van der Waals surface area contributed by atoms with Crippen molar-refractivity contribution in [3.05, 3.63) is 22.7 Å². The number of hydrogen-bond donors (Lipinski definition) is 0. The van der Waals surface area contributed by atoms with E-state index in [1.165, 1.54) is 17.5 Å². The Labute approximate surface area is 128 Å². The summed E-state index contributed by atoms with van der Waals surface area (Å²) in [6.07, 6.45) is -0.211. The van der Waals surface area contributed by atoms with Crippen molar-refractivity contribution in [2.75, 3.05) is 20.2 Å². The maximum Gasteiger partial charge on any atom is 0.243 e. The lowest BCUT2D eigenvalue weighted by atomic mass is 10.3. The van der Waals surface area contributed by atoms with Crippen LogP contribution >= 0.6 is 15.9 Å². The van der Waals surface area contributed by atoms with Crippen molar-refractivity contribution in [2.24, 2.45) is 0 Å². The van der Waals surface area contributed by atoms with Crippen molar-refractivity contribution >= 4 is 26.0 Å². The Bertz CT molecular complexity index is 580. The van der Waals surface area contributed by atoms with Gasteiger partial charge in [0.1, 0.15) is 5.75 Å². The Morgan fingerprint density at radius 3 is 2.45 bits per heavy atom. The summed E-state index contributed by atoms with van der Waals surface area (Å²) in [6.45, 7) is 4.48. The van der Waals surface area contributed by atoms with Crippen LogP contribution in [0, 0.1) is 0 Å². The Morgan fingerprint density at radius 2 is 1.90 bits per heavy atom. The highest BCUT2D eigenvalue weighted by Gasteiger charge is 2.32. The van der Waals surface area contributed by atoms with E-state index in [-0.39, 0.29) is 17.1 Å². The molecule has 2 atom stereocenters. The van der Waals surface area contributed by atoms with Gasteiger partial charge in [-0.1, -0.05) is 0 Å². The molecule has 0 bridgehead atoms. The predicted octanol–water partition coefficient (Wildman–Crippen LogP) is 2.26. The molecule has 0 saturated carbocycles. The van der Waals surface area contributed by atoms with Gasteiger partial charge < -0.3 is 9.47 Å². The number of rotatable bonds is 3. The monoisotopic (exact) mass is 363 g/mol. The van der Waals surface area contributed by atoms with E-state index in [1.807, 2.05) is 13.8 Å². The third-order valence-electron chi connectivity index (χ3n) is 3.15. The molecule has 0 aromatic heterocycles. The maximum absolute atomic E-state index is 12.7. The van der Waals surface area contributed by atoms with Gasteiger partial charge in [-0.25, -0.2) is 8.42 Å². The first-order chi connectivity index (χ1) is 9.34. The number of nitrogens with zero attached hydrogens (tertiary/aromatic N) is 1. The summed E-state index contributed by atoms with van der Waals surface area (Å²) in [5.74, 6) is 0.500. The van der Waals surface area contributed by atoms with Crippen LogP contribution in [0.4, 0.5) is 0 Å². The quantitative estimate of drug-likeness (QED) is 0.826. The number of hydrogen-bond acceptors (Lipinski definition) is 4. The zero-order chi connectivity index (χ0) is 14.9. The zero-order valence-electron chi connectivity index (χ0n) is 11.7. The highest BCUT2D eigenvalue weighted by atomic mass is 79.9. The average molecular weight is 364 g/mol. The summed E-state index contributed by atoms with van der Waals surface area (Å²) >= 11 is 3.32. The smallest absolute Gasteiger partial charge is 0.243 e. The maximum atomic E-state index is 12.7. The van der Waals surface area contributed by atoms with E-state index in [0.717, 1.165) is 4.47 Å². The first kappa shape index (κ1) is 15.8. The topological polar surface area (TPSA) is 55.8 Å². The fourth-order valence-corrected chi connectivity index (χ4v) is 4.29. The van der Waals surface area contributed by atoms with Crippen molar-refractivity contribution in [1.82, 2.24) is 4.31 Å². The van der Waals surface area contributed by atoms with Crippen LogP contribution in [0.2, 0.25) is 0 Å². The molecule has 2 rings (SSSR count). The average Bonchev–Trinajstić information content (AvgIpc) is 2.37. The van der Waals surface area contributed by atoms with Gasteiger partial charge in [0.25, 0.3) is 0 Å². The molecule has 5 nitrogen and oxygen atoms in total. The van der Waals surface area contributed by atoms with Crippen LogP contribution in [-0.4, -0.2) is 45.1 Å². The first-order valence-electron chi connectivity index (χ1n) is 6.33. The molecule has 1 aliphatic heterocycles. The molecule has 0 aliphatic carbocycles. The molecule has 1 aromatic carbocycles. The summed E-state index contributed by atoms with van der Waals surface area (Å²) in [7, 11) is -2.02. The van der Waals surface area contributed by atoms with E-state index in [2.05, 4.69) is 15.9 Å². The van der Waals surface area contributed by atoms with Crippen LogP contribution in [-0.2, 0) is 14.8 Å². The van der Waals surface area contributed by atoms with Crippen molar-refractivity contribution in [3.63, 3.8) is 0 Å². The Hall–Kier alpha value is -0.630. The van der Waals surface area contributed by atoms with Gasteiger partial charge in [-0.3, -0.25) is 0 Å². The van der Waals surface area contributed by atoms with Gasteiger partial charge in [0.05, 0.1) is 28.7 Å². The van der Waals surface area contributed by atoms with Crippen molar-refractivity contribution in [3.8, 4) is 5.75 Å². The molecule has 0 spiro atoms. The van der Waals surface area contributed by atoms with Gasteiger partial charge >= 0.3 is 0 Å². The number of methoxy groups -OCH3 is 1. The molecular formula is C13H18BrNO4S. The molecule has 7 heteroatoms. The molecule has 1 heterocycles. The van der Waals surface area contributed by atoms with E-state index in [0.29, 0.717) is 18.8 Å². The molecule has 0 unspecified atom stereocenters. The molecular weight excluding hydrogens is 346 g/mol. The van der Waals surface area contributed by atoms with Crippen LogP contribution in [0.25, 0.3) is 0 Å². The molecule has 0 N–H and O–H groups in total. The summed E-state index contributed by atoms with van der Waals surface area (Å²) in [6, 6.07) is 4.79. The second-order valence-electron chi connectivity index (χ2n) is 4.88. The normalized spacial score (nSPS) is 24.6. The molecule has 0 amide bonds. The van der Waals surface area contributed by atoms with Gasteiger partial charge in [0.2, 0.25) is 10.0 Å². The number of morpholine rings is 1. The lowest BCUT2D eigenvalue weighted by Gasteiger charge is -2.34. The van der Waals surface area contributed by atoms with E-state index in [9.17, 15) is 8.42 Å². The molecule has 1 fully saturated rings. The SMILES string of the molecule is COc1cc(S(=O)(=O)N2C[C@H](C)O[C@@H](C)C2)ccc1Br. The first-order valence-corrected chi connectivity index (χ1v) is 8.57. The molecule has 1 aromatic rings. The third kappa shape index (κ3) is 3.16. The summed E-state index contributed by atoms with van der Waals surface area (Å²) in [5.41, 5.74) is 0. The molecule has 112 valence electrons. The zero-order valence-corrected chi connectivity index (χ0v) is 14.1. The van der Waals surface area contributed by atoms with Gasteiger partial charge in [0, 0.05) is 19.2 Å². The van der Waals surface area contributed by atoms with Gasteiger partial charge in [-0.15, -0.1) is 0 Å². The molecule has 1 saturated heterocycles. The molecule has 1 aliphatic rings. The summed E-state index contributed by atoms with van der Waals surface area (Å²) < 4.78 is 38.2. The van der Waals surface area contributed by atoms with Gasteiger partial charge in [-0.2, -0.15) is 4.31 Å². The number of sulfonamides is 1. The Morgan fingerprint density at radius 1 is 1.30 bits per heavy atom. The highest BCUT2D eigenvalue weighted by Crippen LogP contribution is 2.29. The van der Waals surface area contributed by atoms with Crippen molar-refractivity contribution in [1.29, 1.82) is 0 Å². The minimum absolute atomic E-state index is 0.106.